The van der Waals surface area contributed by atoms with Gasteiger partial charge < -0.3 is 21.1 Å². The Morgan fingerprint density at radius 1 is 0.913 bits per heavy atom. The molecular weight excluding hydrogens is 570 g/mol. The molecule has 5 aliphatic rings. The second-order valence-electron chi connectivity index (χ2n) is 18.4. The summed E-state index contributed by atoms with van der Waals surface area (Å²) in [6.45, 7) is 15.8. The molecule has 10 atom stereocenters. The Kier molecular flexibility index (Phi) is 8.57. The summed E-state index contributed by atoms with van der Waals surface area (Å²) in [7, 11) is 4.09. The van der Waals surface area contributed by atoms with E-state index in [0.717, 1.165) is 32.2 Å². The lowest BCUT2D eigenvalue weighted by Crippen LogP contribution is -2.75. The molecule has 5 saturated carbocycles. The number of hydrogen-bond acceptors (Lipinski definition) is 4. The molecule has 0 bridgehead atoms. The van der Waals surface area contributed by atoms with Gasteiger partial charge in [-0.3, -0.25) is 4.79 Å². The van der Waals surface area contributed by atoms with Gasteiger partial charge in [0, 0.05) is 24.0 Å². The van der Waals surface area contributed by atoms with Crippen molar-refractivity contribution in [2.75, 3.05) is 20.6 Å². The number of fused-ring (bicyclic) bond motifs is 7. The van der Waals surface area contributed by atoms with Crippen molar-refractivity contribution < 1.29 is 14.7 Å². The monoisotopic (exact) mass is 633 g/mol. The molecular formula is C40H63N3O3. The van der Waals surface area contributed by atoms with Gasteiger partial charge in [-0.1, -0.05) is 53.7 Å². The van der Waals surface area contributed by atoms with E-state index in [4.69, 9.17) is 5.73 Å². The van der Waals surface area contributed by atoms with E-state index in [-0.39, 0.29) is 33.2 Å². The predicted molar refractivity (Wildman–Crippen MR) is 186 cm³/mol. The Labute approximate surface area is 279 Å². The fraction of sp³-hybridized carbons (Fsp3) is 0.800. The van der Waals surface area contributed by atoms with E-state index in [2.05, 4.69) is 63.9 Å². The van der Waals surface area contributed by atoms with Gasteiger partial charge in [0.05, 0.1) is 5.56 Å². The van der Waals surface area contributed by atoms with Crippen molar-refractivity contribution in [1.29, 1.82) is 0 Å². The van der Waals surface area contributed by atoms with Gasteiger partial charge in [0.2, 0.25) is 5.91 Å². The number of nitrogens with two attached hydrogens (primary N) is 1. The molecule has 0 aromatic heterocycles. The number of carboxylic acid groups (broad SMARTS) is 1. The molecule has 0 unspecified atom stereocenters. The standard InChI is InChI=1S/C40H63N3O3/c1-25(2)28-15-21-39(42-33(44)18-24-43(7)8)22-23-40(41)30(34(28)39)13-14-32-37(5)19-16-29(26-9-11-27(12-10-26)35(45)46)36(3,4)31(37)17-20-38(32,40)6/h9-12,25,28-32,34H,13-24,41H2,1-8H3,(H,42,44)(H,45,46)/t28-,29-,30+,31-,32+,34+,37-,38+,39-,40-/m0/s1. The largest absolute Gasteiger partial charge is 0.478 e. The minimum absolute atomic E-state index is 0.0818. The van der Waals surface area contributed by atoms with E-state index in [9.17, 15) is 14.7 Å². The summed E-state index contributed by atoms with van der Waals surface area (Å²) in [5, 5.41) is 13.2. The van der Waals surface area contributed by atoms with Crippen molar-refractivity contribution >= 4 is 11.9 Å². The lowest BCUT2D eigenvalue weighted by Gasteiger charge is -2.73. The predicted octanol–water partition coefficient (Wildman–Crippen LogP) is 7.72. The Hall–Kier alpha value is -1.92. The first-order valence-electron chi connectivity index (χ1n) is 18.6. The van der Waals surface area contributed by atoms with Crippen LogP contribution in [0.1, 0.15) is 134 Å². The quantitative estimate of drug-likeness (QED) is 0.286. The summed E-state index contributed by atoms with van der Waals surface area (Å²) in [5.41, 5.74) is 9.77. The van der Waals surface area contributed by atoms with E-state index < -0.39 is 5.97 Å². The second kappa shape index (κ2) is 11.6. The van der Waals surface area contributed by atoms with Crippen LogP contribution in [-0.4, -0.2) is 53.6 Å². The molecule has 0 heterocycles. The maximum Gasteiger partial charge on any atom is 0.335 e. The minimum Gasteiger partial charge on any atom is -0.478 e. The number of rotatable bonds is 7. The molecule has 5 fully saturated rings. The molecule has 1 amide bonds. The van der Waals surface area contributed by atoms with Gasteiger partial charge in [0.25, 0.3) is 0 Å². The summed E-state index contributed by atoms with van der Waals surface area (Å²) in [6, 6.07) is 7.73. The SMILES string of the molecule is CC(C)[C@@H]1CC[C@]2(NC(=O)CCN(C)C)CC[C@]3(N)[C@H](CC[C@@H]4[C@@]5(C)CC[C@@H](c6ccc(C(=O)O)cc6)C(C)(C)[C@@H]5CC[C@]43C)[C@@H]12. The van der Waals surface area contributed by atoms with E-state index in [1.807, 2.05) is 14.1 Å². The van der Waals surface area contributed by atoms with Crippen LogP contribution in [0.25, 0.3) is 0 Å². The highest BCUT2D eigenvalue weighted by Gasteiger charge is 2.71. The summed E-state index contributed by atoms with van der Waals surface area (Å²) in [6.07, 6.45) is 12.1. The van der Waals surface area contributed by atoms with Gasteiger partial charge in [-0.2, -0.15) is 0 Å². The second-order valence-corrected chi connectivity index (χ2v) is 18.4. The Bertz CT molecular complexity index is 1320. The smallest absolute Gasteiger partial charge is 0.335 e. The molecule has 0 aliphatic heterocycles. The molecule has 46 heavy (non-hydrogen) atoms. The molecule has 0 spiro atoms. The highest BCUT2D eigenvalue weighted by molar-refractivity contribution is 5.87. The number of nitrogens with zero attached hydrogens (tertiary/aromatic N) is 1. The van der Waals surface area contributed by atoms with Crippen molar-refractivity contribution in [2.45, 2.75) is 129 Å². The van der Waals surface area contributed by atoms with Crippen LogP contribution < -0.4 is 11.1 Å². The van der Waals surface area contributed by atoms with Crippen LogP contribution >= 0.6 is 0 Å². The molecule has 256 valence electrons. The van der Waals surface area contributed by atoms with Crippen molar-refractivity contribution in [1.82, 2.24) is 10.2 Å². The summed E-state index contributed by atoms with van der Waals surface area (Å²) >= 11 is 0. The first-order valence-corrected chi connectivity index (χ1v) is 18.6. The van der Waals surface area contributed by atoms with Gasteiger partial charge in [0.15, 0.2) is 0 Å². The summed E-state index contributed by atoms with van der Waals surface area (Å²) in [4.78, 5) is 27.0. The fourth-order valence-corrected chi connectivity index (χ4v) is 13.4. The van der Waals surface area contributed by atoms with Gasteiger partial charge in [-0.05, 0) is 154 Å². The molecule has 6 heteroatoms. The first-order chi connectivity index (χ1) is 21.5. The normalized spacial score (nSPS) is 42.9. The maximum atomic E-state index is 13.4. The molecule has 4 N–H and O–H groups in total. The number of carboxylic acids is 1. The molecule has 5 aliphatic carbocycles. The van der Waals surface area contributed by atoms with Crippen LogP contribution in [-0.2, 0) is 4.79 Å². The summed E-state index contributed by atoms with van der Waals surface area (Å²) in [5.74, 6) is 3.09. The van der Waals surface area contributed by atoms with Crippen molar-refractivity contribution in [3.63, 3.8) is 0 Å². The zero-order chi connectivity index (χ0) is 33.4. The van der Waals surface area contributed by atoms with E-state index >= 15 is 0 Å². The molecule has 0 radical (unpaired) electrons. The van der Waals surface area contributed by atoms with Crippen LogP contribution in [0.15, 0.2) is 24.3 Å². The van der Waals surface area contributed by atoms with Crippen LogP contribution in [0.2, 0.25) is 0 Å². The van der Waals surface area contributed by atoms with Gasteiger partial charge in [-0.25, -0.2) is 4.79 Å². The molecule has 6 nitrogen and oxygen atoms in total. The lowest BCUT2D eigenvalue weighted by molar-refractivity contribution is -0.207. The number of nitrogens with one attached hydrogen (secondary N) is 1. The first kappa shape index (κ1) is 34.0. The highest BCUT2D eigenvalue weighted by atomic mass is 16.4. The average Bonchev–Trinajstić information content (AvgIpc) is 3.36. The molecule has 6 rings (SSSR count). The lowest BCUT2D eigenvalue weighted by atomic mass is 9.34. The van der Waals surface area contributed by atoms with Gasteiger partial charge in [0.1, 0.15) is 0 Å². The number of hydrogen-bond donors (Lipinski definition) is 3. The number of carbonyl (C=O) groups excluding carboxylic acids is 1. The maximum absolute atomic E-state index is 13.4. The van der Waals surface area contributed by atoms with E-state index in [1.54, 1.807) is 12.1 Å². The number of amides is 1. The minimum atomic E-state index is -0.858. The number of aromatic carboxylic acids is 1. The van der Waals surface area contributed by atoms with E-state index in [0.29, 0.717) is 53.4 Å². The van der Waals surface area contributed by atoms with Crippen LogP contribution in [0.4, 0.5) is 0 Å². The Morgan fingerprint density at radius 2 is 1.61 bits per heavy atom. The zero-order valence-corrected chi connectivity index (χ0v) is 30.1. The van der Waals surface area contributed by atoms with Crippen molar-refractivity contribution in [3.8, 4) is 0 Å². The highest BCUT2D eigenvalue weighted by Crippen LogP contribution is 2.74. The van der Waals surface area contributed by atoms with Crippen LogP contribution in [0.5, 0.6) is 0 Å². The average molecular weight is 634 g/mol. The third-order valence-electron chi connectivity index (χ3n) is 15.6. The Balaban J connectivity index is 1.29. The number of carbonyl (C=O) groups is 2. The molecule has 1 aromatic rings. The molecule has 1 aromatic carbocycles. The summed E-state index contributed by atoms with van der Waals surface area (Å²) < 4.78 is 0. The number of benzene rings is 1. The van der Waals surface area contributed by atoms with E-state index in [1.165, 1.54) is 44.1 Å². The van der Waals surface area contributed by atoms with Crippen molar-refractivity contribution in [2.24, 2.45) is 57.5 Å². The zero-order valence-electron chi connectivity index (χ0n) is 30.1. The van der Waals surface area contributed by atoms with Crippen molar-refractivity contribution in [3.05, 3.63) is 35.4 Å². The Morgan fingerprint density at radius 3 is 2.24 bits per heavy atom. The van der Waals surface area contributed by atoms with Gasteiger partial charge in [-0.15, -0.1) is 0 Å². The fourth-order valence-electron chi connectivity index (χ4n) is 13.4. The van der Waals surface area contributed by atoms with Gasteiger partial charge >= 0.3 is 5.97 Å². The third-order valence-corrected chi connectivity index (χ3v) is 15.6. The van der Waals surface area contributed by atoms with Crippen LogP contribution in [0.3, 0.4) is 0 Å². The topological polar surface area (TPSA) is 95.7 Å². The van der Waals surface area contributed by atoms with Crippen LogP contribution in [0, 0.1) is 51.8 Å². The molecule has 0 saturated heterocycles. The third kappa shape index (κ3) is 5.01.